The van der Waals surface area contributed by atoms with Crippen molar-refractivity contribution < 1.29 is 4.74 Å². The summed E-state index contributed by atoms with van der Waals surface area (Å²) in [5.74, 6) is 0.865. The lowest BCUT2D eigenvalue weighted by molar-refractivity contribution is 0.305. The molecule has 1 aromatic carbocycles. The maximum Gasteiger partial charge on any atom is 0.140 e. The molecule has 19 heavy (non-hydrogen) atoms. The van der Waals surface area contributed by atoms with E-state index in [1.54, 1.807) is 11.3 Å². The predicted molar refractivity (Wildman–Crippen MR) is 79.5 cm³/mol. The number of hydrogen-bond donors (Lipinski definition) is 1. The fourth-order valence-corrected chi connectivity index (χ4v) is 2.95. The van der Waals surface area contributed by atoms with Crippen LogP contribution in [-0.2, 0) is 18.6 Å². The van der Waals surface area contributed by atoms with Crippen LogP contribution in [0.4, 0.5) is 0 Å². The van der Waals surface area contributed by atoms with E-state index in [9.17, 15) is 0 Å². The Kier molecular flexibility index (Phi) is 4.22. The van der Waals surface area contributed by atoms with E-state index in [1.165, 1.54) is 0 Å². The molecule has 2 aromatic rings. The third kappa shape index (κ3) is 3.55. The Bertz CT molecular complexity index is 529. The van der Waals surface area contributed by atoms with Crippen molar-refractivity contribution in [2.75, 3.05) is 0 Å². The standard InChI is InChI=1S/C15H20N2OS/c1-4-12-14(15(2,3)16)19-13(17-12)10-18-11-8-6-5-7-9-11/h5-9H,4,10,16H2,1-3H3. The molecule has 0 amide bonds. The first-order chi connectivity index (χ1) is 9.00. The number of aromatic nitrogens is 1. The van der Waals surface area contributed by atoms with E-state index in [2.05, 4.69) is 11.9 Å². The minimum atomic E-state index is -0.339. The van der Waals surface area contributed by atoms with Gasteiger partial charge in [-0.2, -0.15) is 0 Å². The second-order valence-electron chi connectivity index (χ2n) is 5.06. The molecular formula is C15H20N2OS. The summed E-state index contributed by atoms with van der Waals surface area (Å²) >= 11 is 1.65. The van der Waals surface area contributed by atoms with Crippen molar-refractivity contribution in [3.63, 3.8) is 0 Å². The summed E-state index contributed by atoms with van der Waals surface area (Å²) in [6.07, 6.45) is 0.901. The molecule has 2 rings (SSSR count). The van der Waals surface area contributed by atoms with Gasteiger partial charge in [0, 0.05) is 10.4 Å². The molecule has 3 nitrogen and oxygen atoms in total. The Hall–Kier alpha value is -1.39. The van der Waals surface area contributed by atoms with Gasteiger partial charge in [-0.15, -0.1) is 11.3 Å². The Morgan fingerprint density at radius 1 is 1.26 bits per heavy atom. The van der Waals surface area contributed by atoms with Crippen LogP contribution in [-0.4, -0.2) is 4.98 Å². The van der Waals surface area contributed by atoms with Gasteiger partial charge in [0.25, 0.3) is 0 Å². The highest BCUT2D eigenvalue weighted by molar-refractivity contribution is 7.11. The molecule has 4 heteroatoms. The molecule has 0 saturated carbocycles. The van der Waals surface area contributed by atoms with Crippen LogP contribution in [0.25, 0.3) is 0 Å². The lowest BCUT2D eigenvalue weighted by Gasteiger charge is -2.17. The number of aryl methyl sites for hydroxylation is 1. The monoisotopic (exact) mass is 276 g/mol. The molecule has 0 atom stereocenters. The summed E-state index contributed by atoms with van der Waals surface area (Å²) < 4.78 is 5.72. The van der Waals surface area contributed by atoms with E-state index in [4.69, 9.17) is 10.5 Å². The van der Waals surface area contributed by atoms with Gasteiger partial charge in [-0.05, 0) is 32.4 Å². The summed E-state index contributed by atoms with van der Waals surface area (Å²) in [6.45, 7) is 6.63. The molecule has 0 radical (unpaired) electrons. The van der Waals surface area contributed by atoms with Gasteiger partial charge in [-0.1, -0.05) is 25.1 Å². The van der Waals surface area contributed by atoms with Gasteiger partial charge in [0.2, 0.25) is 0 Å². The minimum absolute atomic E-state index is 0.339. The molecular weight excluding hydrogens is 256 g/mol. The second kappa shape index (κ2) is 5.72. The Morgan fingerprint density at radius 2 is 1.95 bits per heavy atom. The minimum Gasteiger partial charge on any atom is -0.486 e. The molecule has 0 spiro atoms. The zero-order valence-corrected chi connectivity index (χ0v) is 12.5. The van der Waals surface area contributed by atoms with Crippen molar-refractivity contribution in [1.82, 2.24) is 4.98 Å². The van der Waals surface area contributed by atoms with Gasteiger partial charge in [-0.25, -0.2) is 4.98 Å². The topological polar surface area (TPSA) is 48.1 Å². The largest absolute Gasteiger partial charge is 0.486 e. The van der Waals surface area contributed by atoms with Crippen molar-refractivity contribution in [3.05, 3.63) is 45.9 Å². The number of benzene rings is 1. The van der Waals surface area contributed by atoms with Crippen LogP contribution in [0.15, 0.2) is 30.3 Å². The number of hydrogen-bond acceptors (Lipinski definition) is 4. The van der Waals surface area contributed by atoms with Crippen molar-refractivity contribution in [1.29, 1.82) is 0 Å². The van der Waals surface area contributed by atoms with Gasteiger partial charge >= 0.3 is 0 Å². The zero-order valence-electron chi connectivity index (χ0n) is 11.6. The fourth-order valence-electron chi connectivity index (χ4n) is 1.87. The Morgan fingerprint density at radius 3 is 2.47 bits per heavy atom. The van der Waals surface area contributed by atoms with Crippen LogP contribution in [0.5, 0.6) is 5.75 Å². The predicted octanol–water partition coefficient (Wildman–Crippen LogP) is 3.48. The molecule has 0 fully saturated rings. The zero-order chi connectivity index (χ0) is 13.9. The van der Waals surface area contributed by atoms with E-state index in [1.807, 2.05) is 44.2 Å². The van der Waals surface area contributed by atoms with E-state index < -0.39 is 0 Å². The molecule has 0 aliphatic rings. The molecule has 1 heterocycles. The molecule has 1 aromatic heterocycles. The van der Waals surface area contributed by atoms with Gasteiger partial charge in [0.1, 0.15) is 17.4 Å². The van der Waals surface area contributed by atoms with Gasteiger partial charge < -0.3 is 10.5 Å². The summed E-state index contributed by atoms with van der Waals surface area (Å²) in [7, 11) is 0. The van der Waals surface area contributed by atoms with Crippen LogP contribution in [0, 0.1) is 0 Å². The summed E-state index contributed by atoms with van der Waals surface area (Å²) in [5, 5.41) is 0.981. The Labute approximate surface area is 118 Å². The fraction of sp³-hybridized carbons (Fsp3) is 0.400. The number of ether oxygens (including phenoxy) is 1. The molecule has 0 aliphatic heterocycles. The van der Waals surface area contributed by atoms with Crippen LogP contribution >= 0.6 is 11.3 Å². The van der Waals surface area contributed by atoms with Crippen LogP contribution < -0.4 is 10.5 Å². The number of rotatable bonds is 5. The first kappa shape index (κ1) is 14.0. The van der Waals surface area contributed by atoms with E-state index in [-0.39, 0.29) is 5.54 Å². The van der Waals surface area contributed by atoms with E-state index in [0.717, 1.165) is 27.7 Å². The molecule has 0 bridgehead atoms. The van der Waals surface area contributed by atoms with Crippen molar-refractivity contribution >= 4 is 11.3 Å². The van der Waals surface area contributed by atoms with Gasteiger partial charge in [0.05, 0.1) is 5.69 Å². The van der Waals surface area contributed by atoms with Crippen molar-refractivity contribution in [2.45, 2.75) is 39.3 Å². The maximum absolute atomic E-state index is 6.18. The SMILES string of the molecule is CCc1nc(COc2ccccc2)sc1C(C)(C)N. The highest BCUT2D eigenvalue weighted by atomic mass is 32.1. The van der Waals surface area contributed by atoms with Crippen molar-refractivity contribution in [2.24, 2.45) is 5.73 Å². The summed E-state index contributed by atoms with van der Waals surface area (Å²) in [4.78, 5) is 5.78. The smallest absolute Gasteiger partial charge is 0.140 e. The normalized spacial score (nSPS) is 11.6. The average molecular weight is 276 g/mol. The van der Waals surface area contributed by atoms with Crippen LogP contribution in [0.3, 0.4) is 0 Å². The quantitative estimate of drug-likeness (QED) is 0.909. The maximum atomic E-state index is 6.18. The first-order valence-electron chi connectivity index (χ1n) is 6.46. The lowest BCUT2D eigenvalue weighted by Crippen LogP contribution is -2.28. The number of nitrogens with zero attached hydrogens (tertiary/aromatic N) is 1. The van der Waals surface area contributed by atoms with Crippen LogP contribution in [0.1, 0.15) is 36.3 Å². The van der Waals surface area contributed by atoms with E-state index in [0.29, 0.717) is 6.61 Å². The number of nitrogens with two attached hydrogens (primary N) is 1. The highest BCUT2D eigenvalue weighted by Crippen LogP contribution is 2.29. The third-order valence-electron chi connectivity index (χ3n) is 2.77. The molecule has 0 aliphatic carbocycles. The number of thiazole rings is 1. The van der Waals surface area contributed by atoms with Gasteiger partial charge in [0.15, 0.2) is 0 Å². The molecule has 2 N–H and O–H groups in total. The highest BCUT2D eigenvalue weighted by Gasteiger charge is 2.22. The lowest BCUT2D eigenvalue weighted by atomic mass is 10.0. The van der Waals surface area contributed by atoms with E-state index >= 15 is 0 Å². The first-order valence-corrected chi connectivity index (χ1v) is 7.28. The third-order valence-corrected chi connectivity index (χ3v) is 4.18. The summed E-state index contributed by atoms with van der Waals surface area (Å²) in [6, 6.07) is 9.79. The summed E-state index contributed by atoms with van der Waals surface area (Å²) in [5.41, 5.74) is 6.93. The number of para-hydroxylation sites is 1. The van der Waals surface area contributed by atoms with Crippen LogP contribution in [0.2, 0.25) is 0 Å². The van der Waals surface area contributed by atoms with Gasteiger partial charge in [-0.3, -0.25) is 0 Å². The molecule has 0 saturated heterocycles. The Balaban J connectivity index is 2.12. The van der Waals surface area contributed by atoms with Crippen molar-refractivity contribution in [3.8, 4) is 5.75 Å². The second-order valence-corrected chi connectivity index (χ2v) is 6.14. The molecule has 102 valence electrons. The molecule has 0 unspecified atom stereocenters. The average Bonchev–Trinajstić information content (AvgIpc) is 2.81.